The number of hydrogen-bond acceptors (Lipinski definition) is 4. The van der Waals surface area contributed by atoms with Crippen LogP contribution in [0.2, 0.25) is 0 Å². The summed E-state index contributed by atoms with van der Waals surface area (Å²) < 4.78 is 13.0. The number of piperidine rings is 1. The maximum absolute atomic E-state index is 13.0. The number of benzene rings is 1. The maximum Gasteiger partial charge on any atom is 0.185 e. The molecule has 0 aliphatic carbocycles. The molecule has 3 rings (SSSR count). The highest BCUT2D eigenvalue weighted by Crippen LogP contribution is 2.29. The Morgan fingerprint density at radius 2 is 1.86 bits per heavy atom. The van der Waals surface area contributed by atoms with Gasteiger partial charge in [0.25, 0.3) is 0 Å². The van der Waals surface area contributed by atoms with Crippen LogP contribution >= 0.6 is 11.3 Å². The average molecular weight is 305 g/mol. The van der Waals surface area contributed by atoms with Crippen LogP contribution in [0.15, 0.2) is 29.6 Å². The molecule has 1 fully saturated rings. The first-order valence-electron chi connectivity index (χ1n) is 7.26. The summed E-state index contributed by atoms with van der Waals surface area (Å²) in [5.74, 6) is -0.208. The van der Waals surface area contributed by atoms with Crippen LogP contribution in [0.5, 0.6) is 0 Å². The standard InChI is InChI=1S/C16H20FN3S/c1-19(2)14-7-9-20(10-8-14)16-18-15(11-21-16)12-3-5-13(17)6-4-12/h3-6,11,14H,7-10H2,1-2H3. The summed E-state index contributed by atoms with van der Waals surface area (Å²) in [6.07, 6.45) is 2.36. The fourth-order valence-corrected chi connectivity index (χ4v) is 3.62. The number of thiazole rings is 1. The van der Waals surface area contributed by atoms with Gasteiger partial charge >= 0.3 is 0 Å². The highest BCUT2D eigenvalue weighted by atomic mass is 32.1. The lowest BCUT2D eigenvalue weighted by atomic mass is 10.0. The minimum atomic E-state index is -0.208. The van der Waals surface area contributed by atoms with E-state index in [2.05, 4.69) is 29.3 Å². The predicted octanol–water partition coefficient (Wildman–Crippen LogP) is 3.48. The lowest BCUT2D eigenvalue weighted by Crippen LogP contribution is -2.41. The van der Waals surface area contributed by atoms with Crippen molar-refractivity contribution in [3.05, 3.63) is 35.5 Å². The average Bonchev–Trinajstić information content (AvgIpc) is 2.98. The molecule has 0 bridgehead atoms. The van der Waals surface area contributed by atoms with Gasteiger partial charge in [-0.1, -0.05) is 0 Å². The van der Waals surface area contributed by atoms with Gasteiger partial charge in [-0.3, -0.25) is 0 Å². The Morgan fingerprint density at radius 1 is 1.19 bits per heavy atom. The summed E-state index contributed by atoms with van der Waals surface area (Å²) in [4.78, 5) is 9.38. The van der Waals surface area contributed by atoms with Crippen LogP contribution in [0.4, 0.5) is 9.52 Å². The van der Waals surface area contributed by atoms with Gasteiger partial charge < -0.3 is 9.80 Å². The number of aromatic nitrogens is 1. The molecular weight excluding hydrogens is 285 g/mol. The molecule has 1 aromatic carbocycles. The summed E-state index contributed by atoms with van der Waals surface area (Å²) in [6.45, 7) is 2.11. The monoisotopic (exact) mass is 305 g/mol. The fraction of sp³-hybridized carbons (Fsp3) is 0.438. The maximum atomic E-state index is 13.0. The highest BCUT2D eigenvalue weighted by molar-refractivity contribution is 7.14. The molecule has 112 valence electrons. The Kier molecular flexibility index (Phi) is 4.22. The molecule has 0 atom stereocenters. The Bertz CT molecular complexity index is 586. The zero-order valence-corrected chi connectivity index (χ0v) is 13.2. The highest BCUT2D eigenvalue weighted by Gasteiger charge is 2.22. The van der Waals surface area contributed by atoms with Crippen LogP contribution in [0, 0.1) is 5.82 Å². The molecule has 0 N–H and O–H groups in total. The second kappa shape index (κ2) is 6.12. The van der Waals surface area contributed by atoms with Crippen molar-refractivity contribution in [3.8, 4) is 11.3 Å². The normalized spacial score (nSPS) is 16.7. The third kappa shape index (κ3) is 3.24. The minimum Gasteiger partial charge on any atom is -0.348 e. The fourth-order valence-electron chi connectivity index (χ4n) is 2.74. The smallest absolute Gasteiger partial charge is 0.185 e. The van der Waals surface area contributed by atoms with E-state index in [9.17, 15) is 4.39 Å². The van der Waals surface area contributed by atoms with Gasteiger partial charge in [0.05, 0.1) is 5.69 Å². The van der Waals surface area contributed by atoms with Crippen LogP contribution in [-0.4, -0.2) is 43.1 Å². The first-order chi connectivity index (χ1) is 10.1. The Morgan fingerprint density at radius 3 is 2.48 bits per heavy atom. The van der Waals surface area contributed by atoms with Crippen molar-refractivity contribution in [3.63, 3.8) is 0 Å². The van der Waals surface area contributed by atoms with Crippen LogP contribution in [0.25, 0.3) is 11.3 Å². The lowest BCUT2D eigenvalue weighted by Gasteiger charge is -2.35. The van der Waals surface area contributed by atoms with E-state index in [0.717, 1.165) is 29.5 Å². The Balaban J connectivity index is 1.70. The summed E-state index contributed by atoms with van der Waals surface area (Å²) in [6, 6.07) is 7.21. The number of hydrogen-bond donors (Lipinski definition) is 0. The van der Waals surface area contributed by atoms with Gasteiger partial charge in [0.15, 0.2) is 5.13 Å². The van der Waals surface area contributed by atoms with Crippen molar-refractivity contribution in [2.24, 2.45) is 0 Å². The lowest BCUT2D eigenvalue weighted by molar-refractivity contribution is 0.249. The second-order valence-electron chi connectivity index (χ2n) is 5.70. The molecule has 5 heteroatoms. The summed E-state index contributed by atoms with van der Waals surface area (Å²) in [5, 5.41) is 3.13. The zero-order valence-electron chi connectivity index (χ0n) is 12.4. The van der Waals surface area contributed by atoms with Crippen molar-refractivity contribution >= 4 is 16.5 Å². The molecule has 1 aliphatic heterocycles. The van der Waals surface area contributed by atoms with Crippen LogP contribution in [-0.2, 0) is 0 Å². The molecule has 0 unspecified atom stereocenters. The number of rotatable bonds is 3. The van der Waals surface area contributed by atoms with Gasteiger partial charge in [0, 0.05) is 30.1 Å². The van der Waals surface area contributed by atoms with Gasteiger partial charge in [0.1, 0.15) is 5.82 Å². The number of anilines is 1. The van der Waals surface area contributed by atoms with E-state index in [1.807, 2.05) is 0 Å². The molecule has 0 saturated carbocycles. The van der Waals surface area contributed by atoms with Crippen molar-refractivity contribution in [2.75, 3.05) is 32.1 Å². The van der Waals surface area contributed by atoms with Crippen molar-refractivity contribution < 1.29 is 4.39 Å². The third-order valence-electron chi connectivity index (χ3n) is 4.10. The SMILES string of the molecule is CN(C)C1CCN(c2nc(-c3ccc(F)cc3)cs2)CC1. The van der Waals surface area contributed by atoms with Crippen molar-refractivity contribution in [1.29, 1.82) is 0 Å². The molecule has 3 nitrogen and oxygen atoms in total. The Hall–Kier alpha value is -1.46. The zero-order chi connectivity index (χ0) is 14.8. The molecule has 2 heterocycles. The minimum absolute atomic E-state index is 0.208. The largest absolute Gasteiger partial charge is 0.348 e. The van der Waals surface area contributed by atoms with Gasteiger partial charge in [0.2, 0.25) is 0 Å². The van der Waals surface area contributed by atoms with Gasteiger partial charge in [-0.2, -0.15) is 0 Å². The molecule has 0 radical (unpaired) electrons. The third-order valence-corrected chi connectivity index (χ3v) is 5.00. The quantitative estimate of drug-likeness (QED) is 0.865. The van der Waals surface area contributed by atoms with Crippen LogP contribution in [0.1, 0.15) is 12.8 Å². The van der Waals surface area contributed by atoms with E-state index >= 15 is 0 Å². The summed E-state index contributed by atoms with van der Waals surface area (Å²) >= 11 is 1.67. The van der Waals surface area contributed by atoms with Gasteiger partial charge in [-0.05, 0) is 51.2 Å². The number of nitrogens with zero attached hydrogens (tertiary/aromatic N) is 3. The molecule has 1 aromatic heterocycles. The second-order valence-corrected chi connectivity index (χ2v) is 6.54. The molecule has 2 aromatic rings. The summed E-state index contributed by atoms with van der Waals surface area (Å²) in [5.41, 5.74) is 1.91. The number of halogens is 1. The summed E-state index contributed by atoms with van der Waals surface area (Å²) in [7, 11) is 4.30. The van der Waals surface area contributed by atoms with E-state index in [0.29, 0.717) is 6.04 Å². The predicted molar refractivity (Wildman–Crippen MR) is 86.4 cm³/mol. The van der Waals surface area contributed by atoms with Gasteiger partial charge in [-0.15, -0.1) is 11.3 Å². The van der Waals surface area contributed by atoms with Crippen LogP contribution < -0.4 is 4.90 Å². The van der Waals surface area contributed by atoms with E-state index in [4.69, 9.17) is 4.98 Å². The first kappa shape index (κ1) is 14.5. The first-order valence-corrected chi connectivity index (χ1v) is 8.14. The topological polar surface area (TPSA) is 19.4 Å². The molecule has 0 amide bonds. The van der Waals surface area contributed by atoms with E-state index in [1.54, 1.807) is 23.5 Å². The molecule has 0 spiro atoms. The molecule has 1 aliphatic rings. The van der Waals surface area contributed by atoms with E-state index in [-0.39, 0.29) is 5.82 Å². The molecule has 21 heavy (non-hydrogen) atoms. The molecular formula is C16H20FN3S. The Labute approximate surface area is 129 Å². The van der Waals surface area contributed by atoms with Crippen molar-refractivity contribution in [1.82, 2.24) is 9.88 Å². The van der Waals surface area contributed by atoms with Crippen molar-refractivity contribution in [2.45, 2.75) is 18.9 Å². The van der Waals surface area contributed by atoms with Crippen LogP contribution in [0.3, 0.4) is 0 Å². The van der Waals surface area contributed by atoms with E-state index < -0.39 is 0 Å². The van der Waals surface area contributed by atoms with Gasteiger partial charge in [-0.25, -0.2) is 9.37 Å². The molecule has 1 saturated heterocycles. The van der Waals surface area contributed by atoms with E-state index in [1.165, 1.54) is 25.0 Å².